The van der Waals surface area contributed by atoms with Crippen LogP contribution in [0, 0.1) is 23.3 Å². The summed E-state index contributed by atoms with van der Waals surface area (Å²) in [5.41, 5.74) is 0. The molecule has 0 fully saturated rings. The van der Waals surface area contributed by atoms with Crippen LogP contribution in [0.5, 0.6) is 0 Å². The molecule has 0 unspecified atom stereocenters. The maximum atomic E-state index is 13.9. The number of sulfonamides is 1. The summed E-state index contributed by atoms with van der Waals surface area (Å²) in [5, 5.41) is 2.03. The molecule has 0 aliphatic rings. The zero-order valence-electron chi connectivity index (χ0n) is 12.3. The monoisotopic (exact) mass is 392 g/mol. The fraction of sp³-hybridized carbons (Fsp3) is 0.364. The van der Waals surface area contributed by atoms with Gasteiger partial charge in [-0.25, -0.2) is 39.1 Å². The van der Waals surface area contributed by atoms with E-state index in [0.717, 1.165) is 14.0 Å². The van der Waals surface area contributed by atoms with Crippen LogP contribution < -0.4 is 10.0 Å². The van der Waals surface area contributed by atoms with Gasteiger partial charge in [0.2, 0.25) is 15.9 Å². The molecule has 0 radical (unpaired) electrons. The predicted octanol–water partition coefficient (Wildman–Crippen LogP) is 0.0609. The lowest BCUT2D eigenvalue weighted by Crippen LogP contribution is -2.29. The third-order valence-electron chi connectivity index (χ3n) is 2.78. The lowest BCUT2D eigenvalue weighted by molar-refractivity contribution is -0.118. The Hall–Kier alpha value is -1.73. The first kappa shape index (κ1) is 20.3. The normalized spacial score (nSPS) is 12.2. The van der Waals surface area contributed by atoms with Crippen LogP contribution in [0.1, 0.15) is 6.92 Å². The van der Waals surface area contributed by atoms with Crippen LogP contribution in [0.3, 0.4) is 0 Å². The molecule has 0 aromatic heterocycles. The van der Waals surface area contributed by atoms with Gasteiger partial charge >= 0.3 is 0 Å². The van der Waals surface area contributed by atoms with Gasteiger partial charge in [0.1, 0.15) is 4.90 Å². The number of benzene rings is 1. The summed E-state index contributed by atoms with van der Waals surface area (Å²) >= 11 is 0. The summed E-state index contributed by atoms with van der Waals surface area (Å²) in [4.78, 5) is 6.73. The minimum atomic E-state index is -4.93. The molecule has 0 bridgehead atoms. The molecule has 0 heterocycles. The Bertz CT molecular complexity index is 855. The highest BCUT2D eigenvalue weighted by Gasteiger charge is 2.37. The standard InChI is InChI=1S/C11H12F4N2O5S2/c1-5(18)17-3-4-23(19,20)10-6(12)8(14)11(9(15)7(10)13)24(21,22)16-2/h16H,3-4H2,1-2H3,(H,17,18). The zero-order chi connectivity index (χ0) is 18.9. The van der Waals surface area contributed by atoms with Crippen LogP contribution in [-0.4, -0.2) is 42.1 Å². The van der Waals surface area contributed by atoms with Crippen molar-refractivity contribution in [2.75, 3.05) is 19.3 Å². The Balaban J connectivity index is 3.57. The number of nitrogens with one attached hydrogen (secondary N) is 2. The van der Waals surface area contributed by atoms with E-state index in [1.165, 1.54) is 4.72 Å². The summed E-state index contributed by atoms with van der Waals surface area (Å²) in [6.07, 6.45) is 0. The molecule has 0 saturated carbocycles. The third kappa shape index (κ3) is 3.84. The van der Waals surface area contributed by atoms with Crippen molar-refractivity contribution < 1.29 is 39.2 Å². The summed E-state index contributed by atoms with van der Waals surface area (Å²) in [6, 6.07) is 0. The van der Waals surface area contributed by atoms with E-state index in [-0.39, 0.29) is 0 Å². The zero-order valence-corrected chi connectivity index (χ0v) is 13.9. The van der Waals surface area contributed by atoms with Crippen LogP contribution in [-0.2, 0) is 24.7 Å². The van der Waals surface area contributed by atoms with Crippen LogP contribution in [0.25, 0.3) is 0 Å². The Labute approximate surface area is 135 Å². The van der Waals surface area contributed by atoms with E-state index in [4.69, 9.17) is 0 Å². The number of hydrogen-bond acceptors (Lipinski definition) is 5. The Morgan fingerprint density at radius 1 is 0.917 bits per heavy atom. The largest absolute Gasteiger partial charge is 0.355 e. The highest BCUT2D eigenvalue weighted by atomic mass is 32.2. The first-order chi connectivity index (χ1) is 10.9. The Morgan fingerprint density at radius 2 is 1.33 bits per heavy atom. The molecular formula is C11H12F4N2O5S2. The SMILES string of the molecule is CNS(=O)(=O)c1c(F)c(F)c(S(=O)(=O)CCNC(C)=O)c(F)c1F. The third-order valence-corrected chi connectivity index (χ3v) is 5.93. The molecule has 1 rings (SSSR count). The van der Waals surface area contributed by atoms with E-state index < -0.39 is 71.1 Å². The highest BCUT2D eigenvalue weighted by Crippen LogP contribution is 2.30. The average molecular weight is 392 g/mol. The summed E-state index contributed by atoms with van der Waals surface area (Å²) in [5.74, 6) is -11.2. The first-order valence-corrected chi connectivity index (χ1v) is 9.27. The minimum absolute atomic E-state index is 0.573. The topological polar surface area (TPSA) is 109 Å². The van der Waals surface area contributed by atoms with E-state index in [1.54, 1.807) is 0 Å². The fourth-order valence-electron chi connectivity index (χ4n) is 1.67. The molecule has 136 valence electrons. The highest BCUT2D eigenvalue weighted by molar-refractivity contribution is 7.91. The average Bonchev–Trinajstić information content (AvgIpc) is 2.44. The molecule has 7 nitrogen and oxygen atoms in total. The number of amides is 1. The maximum Gasteiger partial charge on any atom is 0.246 e. The summed E-state index contributed by atoms with van der Waals surface area (Å²) < 4.78 is 104. The van der Waals surface area contributed by atoms with Gasteiger partial charge < -0.3 is 5.32 Å². The molecule has 1 aromatic carbocycles. The number of sulfone groups is 1. The molecule has 2 N–H and O–H groups in total. The molecule has 0 aliphatic heterocycles. The summed E-state index contributed by atoms with van der Waals surface area (Å²) in [7, 11) is -9.08. The molecule has 24 heavy (non-hydrogen) atoms. The molecular weight excluding hydrogens is 380 g/mol. The van der Waals surface area contributed by atoms with Crippen molar-refractivity contribution in [3.05, 3.63) is 23.3 Å². The van der Waals surface area contributed by atoms with Crippen molar-refractivity contribution in [3.8, 4) is 0 Å². The maximum absolute atomic E-state index is 13.9. The van der Waals surface area contributed by atoms with Crippen LogP contribution >= 0.6 is 0 Å². The van der Waals surface area contributed by atoms with Gasteiger partial charge in [0.25, 0.3) is 0 Å². The van der Waals surface area contributed by atoms with E-state index in [2.05, 4.69) is 0 Å². The number of carbonyl (C=O) groups excluding carboxylic acids is 1. The number of halogens is 4. The van der Waals surface area contributed by atoms with Crippen molar-refractivity contribution >= 4 is 25.8 Å². The second kappa shape index (κ2) is 7.03. The number of hydrogen-bond donors (Lipinski definition) is 2. The molecule has 1 aromatic rings. The van der Waals surface area contributed by atoms with Crippen molar-refractivity contribution in [3.63, 3.8) is 0 Å². The quantitative estimate of drug-likeness (QED) is 0.526. The van der Waals surface area contributed by atoms with Gasteiger partial charge in [0.15, 0.2) is 38.0 Å². The van der Waals surface area contributed by atoms with E-state index >= 15 is 0 Å². The van der Waals surface area contributed by atoms with Crippen LogP contribution in [0.4, 0.5) is 17.6 Å². The lowest BCUT2D eigenvalue weighted by atomic mass is 10.3. The van der Waals surface area contributed by atoms with Gasteiger partial charge in [0.05, 0.1) is 5.75 Å². The van der Waals surface area contributed by atoms with Crippen LogP contribution in [0.15, 0.2) is 9.79 Å². The van der Waals surface area contributed by atoms with Crippen molar-refractivity contribution in [1.29, 1.82) is 0 Å². The van der Waals surface area contributed by atoms with Gasteiger partial charge in [-0.15, -0.1) is 0 Å². The van der Waals surface area contributed by atoms with Crippen molar-refractivity contribution in [1.82, 2.24) is 10.0 Å². The molecule has 0 saturated heterocycles. The fourth-order valence-corrected chi connectivity index (χ4v) is 3.82. The number of rotatable bonds is 6. The van der Waals surface area contributed by atoms with Gasteiger partial charge in [-0.1, -0.05) is 0 Å². The smallest absolute Gasteiger partial charge is 0.246 e. The van der Waals surface area contributed by atoms with E-state index in [1.807, 2.05) is 5.32 Å². The van der Waals surface area contributed by atoms with E-state index in [9.17, 15) is 39.2 Å². The van der Waals surface area contributed by atoms with Crippen molar-refractivity contribution in [2.24, 2.45) is 0 Å². The predicted molar refractivity (Wildman–Crippen MR) is 73.3 cm³/mol. The lowest BCUT2D eigenvalue weighted by Gasteiger charge is -2.12. The van der Waals surface area contributed by atoms with Crippen LogP contribution in [0.2, 0.25) is 0 Å². The Kier molecular flexibility index (Phi) is 5.95. The summed E-state index contributed by atoms with van der Waals surface area (Å²) in [6.45, 7) is 0.473. The Morgan fingerprint density at radius 3 is 1.71 bits per heavy atom. The van der Waals surface area contributed by atoms with E-state index in [0.29, 0.717) is 0 Å². The second-order valence-electron chi connectivity index (χ2n) is 4.42. The molecule has 13 heteroatoms. The first-order valence-electron chi connectivity index (χ1n) is 6.13. The van der Waals surface area contributed by atoms with Crippen molar-refractivity contribution in [2.45, 2.75) is 16.7 Å². The minimum Gasteiger partial charge on any atom is -0.355 e. The molecule has 1 amide bonds. The molecule has 0 atom stereocenters. The molecule has 0 aliphatic carbocycles. The second-order valence-corrected chi connectivity index (χ2v) is 8.29. The van der Waals surface area contributed by atoms with Gasteiger partial charge in [-0.05, 0) is 7.05 Å². The van der Waals surface area contributed by atoms with Gasteiger partial charge in [-0.2, -0.15) is 0 Å². The number of carbonyl (C=O) groups is 1. The van der Waals surface area contributed by atoms with Gasteiger partial charge in [-0.3, -0.25) is 4.79 Å². The van der Waals surface area contributed by atoms with Gasteiger partial charge in [0, 0.05) is 13.5 Å². The molecule has 0 spiro atoms.